The number of amides is 2. The van der Waals surface area contributed by atoms with Crippen molar-refractivity contribution in [3.63, 3.8) is 0 Å². The lowest BCUT2D eigenvalue weighted by molar-refractivity contribution is -0.275. The van der Waals surface area contributed by atoms with Gasteiger partial charge in [-0.2, -0.15) is 0 Å². The maximum Gasteiger partial charge on any atom is 0.315 e. The number of ketones is 1. The van der Waals surface area contributed by atoms with Crippen LogP contribution in [0.4, 0.5) is 4.79 Å². The van der Waals surface area contributed by atoms with Gasteiger partial charge in [0.05, 0.1) is 24.9 Å². The Morgan fingerprint density at radius 2 is 1.60 bits per heavy atom. The molecule has 5 atom stereocenters. The van der Waals surface area contributed by atoms with Crippen LogP contribution in [0.15, 0.2) is 91.5 Å². The summed E-state index contributed by atoms with van der Waals surface area (Å²) in [4.78, 5) is 26.9. The van der Waals surface area contributed by atoms with Gasteiger partial charge in [-0.05, 0) is 42.6 Å². The lowest BCUT2D eigenvalue weighted by atomic mass is 9.90. The Hall–Kier alpha value is -3.82. The van der Waals surface area contributed by atoms with Crippen LogP contribution in [0.5, 0.6) is 0 Å². The fourth-order valence-corrected chi connectivity index (χ4v) is 5.26. The zero-order valence-corrected chi connectivity index (χ0v) is 25.2. The minimum Gasteiger partial charge on any atom is -0.392 e. The first kappa shape index (κ1) is 32.1. The van der Waals surface area contributed by atoms with E-state index in [0.29, 0.717) is 13.0 Å². The van der Waals surface area contributed by atoms with Gasteiger partial charge < -0.3 is 30.1 Å². The summed E-state index contributed by atoms with van der Waals surface area (Å²) in [6, 6.07) is 24.3. The molecule has 0 bridgehead atoms. The third kappa shape index (κ3) is 9.08. The number of hydrogen-bond acceptors (Lipinski definition) is 6. The smallest absolute Gasteiger partial charge is 0.315 e. The number of carbonyl (C=O) groups is 2. The molecule has 43 heavy (non-hydrogen) atoms. The third-order valence-corrected chi connectivity index (χ3v) is 7.84. The van der Waals surface area contributed by atoms with Crippen LogP contribution in [0.25, 0.3) is 0 Å². The standard InChI is InChI=1S/C35H43N3O5/c1-5-19-38(4)22-32-24(2)33(29-15-13-28(23-39)14-16-29)43-34(42-32)30-17-11-27(12-18-30)21-36-35(41)37-31(25(3)40)20-26-9-7-6-8-10-26/h5-18,24,31-34,39H,1,19-23H2,2-4H3,(H2,36,37,41). The van der Waals surface area contributed by atoms with Crippen LogP contribution in [0.2, 0.25) is 0 Å². The number of aliphatic hydroxyl groups excluding tert-OH is 1. The van der Waals surface area contributed by atoms with E-state index in [1.807, 2.05) is 92.0 Å². The van der Waals surface area contributed by atoms with Gasteiger partial charge in [0.15, 0.2) is 12.1 Å². The average Bonchev–Trinajstić information content (AvgIpc) is 3.01. The minimum absolute atomic E-state index is 0.00404. The van der Waals surface area contributed by atoms with E-state index in [-0.39, 0.29) is 30.5 Å². The number of urea groups is 1. The summed E-state index contributed by atoms with van der Waals surface area (Å²) >= 11 is 0. The first-order valence-electron chi connectivity index (χ1n) is 14.7. The minimum atomic E-state index is -0.598. The van der Waals surface area contributed by atoms with Gasteiger partial charge in [0.25, 0.3) is 0 Å². The van der Waals surface area contributed by atoms with Gasteiger partial charge in [-0.25, -0.2) is 4.79 Å². The predicted octanol–water partition coefficient (Wildman–Crippen LogP) is 5.09. The number of ether oxygens (including phenoxy) is 2. The van der Waals surface area contributed by atoms with Gasteiger partial charge in [-0.1, -0.05) is 91.9 Å². The second-order valence-corrected chi connectivity index (χ2v) is 11.3. The van der Waals surface area contributed by atoms with Gasteiger partial charge in [-0.15, -0.1) is 6.58 Å². The van der Waals surface area contributed by atoms with E-state index in [0.717, 1.165) is 40.9 Å². The molecule has 1 aliphatic heterocycles. The Balaban J connectivity index is 1.40. The zero-order chi connectivity index (χ0) is 30.8. The number of benzene rings is 3. The van der Waals surface area contributed by atoms with Gasteiger partial charge in [0.2, 0.25) is 0 Å². The van der Waals surface area contributed by atoms with Crippen LogP contribution in [-0.2, 0) is 33.8 Å². The molecule has 0 saturated carbocycles. The van der Waals surface area contributed by atoms with Crippen LogP contribution in [-0.4, -0.2) is 54.1 Å². The molecular formula is C35H43N3O5. The Labute approximate surface area is 254 Å². The van der Waals surface area contributed by atoms with Crippen molar-refractivity contribution in [1.82, 2.24) is 15.5 Å². The van der Waals surface area contributed by atoms with Crippen molar-refractivity contribution in [2.24, 2.45) is 5.92 Å². The molecule has 0 spiro atoms. The third-order valence-electron chi connectivity index (χ3n) is 7.84. The van der Waals surface area contributed by atoms with E-state index in [9.17, 15) is 14.7 Å². The molecule has 1 saturated heterocycles. The monoisotopic (exact) mass is 585 g/mol. The molecular weight excluding hydrogens is 542 g/mol. The molecule has 2 amide bonds. The zero-order valence-electron chi connectivity index (χ0n) is 25.2. The number of Topliss-reactive ketones (excluding diaryl/α,β-unsaturated/α-hetero) is 1. The van der Waals surface area contributed by atoms with Crippen molar-refractivity contribution in [2.45, 2.75) is 58.0 Å². The molecule has 0 aliphatic carbocycles. The van der Waals surface area contributed by atoms with Gasteiger partial charge in [0, 0.05) is 31.1 Å². The molecule has 1 heterocycles. The summed E-state index contributed by atoms with van der Waals surface area (Å²) in [6.45, 7) is 9.26. The highest BCUT2D eigenvalue weighted by atomic mass is 16.7. The first-order valence-corrected chi connectivity index (χ1v) is 14.7. The summed E-state index contributed by atoms with van der Waals surface area (Å²) in [5.41, 5.74) is 4.67. The fraction of sp³-hybridized carbons (Fsp3) is 0.371. The molecule has 1 fully saturated rings. The number of carbonyl (C=O) groups excluding carboxylic acids is 2. The highest BCUT2D eigenvalue weighted by Gasteiger charge is 2.38. The number of hydrogen-bond donors (Lipinski definition) is 3. The number of likely N-dealkylation sites (N-methyl/N-ethyl adjacent to an activating group) is 1. The van der Waals surface area contributed by atoms with Crippen LogP contribution >= 0.6 is 0 Å². The van der Waals surface area contributed by atoms with Crippen LogP contribution < -0.4 is 10.6 Å². The molecule has 0 aromatic heterocycles. The first-order chi connectivity index (χ1) is 20.8. The Bertz CT molecular complexity index is 1330. The van der Waals surface area contributed by atoms with Crippen molar-refractivity contribution in [1.29, 1.82) is 0 Å². The Kier molecular flexibility index (Phi) is 11.6. The van der Waals surface area contributed by atoms with Crippen LogP contribution in [0.3, 0.4) is 0 Å². The highest BCUT2D eigenvalue weighted by Crippen LogP contribution is 2.41. The summed E-state index contributed by atoms with van der Waals surface area (Å²) < 4.78 is 13.0. The highest BCUT2D eigenvalue weighted by molar-refractivity contribution is 5.87. The number of nitrogens with one attached hydrogen (secondary N) is 2. The molecule has 8 nitrogen and oxygen atoms in total. The fourth-order valence-electron chi connectivity index (χ4n) is 5.26. The van der Waals surface area contributed by atoms with Gasteiger partial charge >= 0.3 is 6.03 Å². The molecule has 228 valence electrons. The van der Waals surface area contributed by atoms with Gasteiger partial charge in [-0.3, -0.25) is 4.79 Å². The molecule has 4 rings (SSSR count). The van der Waals surface area contributed by atoms with Crippen molar-refractivity contribution in [2.75, 3.05) is 20.1 Å². The second kappa shape index (κ2) is 15.6. The molecule has 8 heteroatoms. The van der Waals surface area contributed by atoms with Gasteiger partial charge in [0.1, 0.15) is 0 Å². The SMILES string of the molecule is C=CCN(C)CC1OC(c2ccc(CNC(=O)NC(Cc3ccccc3)C(C)=O)cc2)OC(c2ccc(CO)cc2)C1C. The summed E-state index contributed by atoms with van der Waals surface area (Å²) in [7, 11) is 2.05. The van der Waals surface area contributed by atoms with Crippen molar-refractivity contribution in [3.8, 4) is 0 Å². The van der Waals surface area contributed by atoms with E-state index in [4.69, 9.17) is 9.47 Å². The van der Waals surface area contributed by atoms with Crippen LogP contribution in [0.1, 0.15) is 54.1 Å². The van der Waals surface area contributed by atoms with E-state index < -0.39 is 18.4 Å². The van der Waals surface area contributed by atoms with E-state index >= 15 is 0 Å². The number of aliphatic hydroxyl groups is 1. The number of nitrogens with zero attached hydrogens (tertiary/aromatic N) is 1. The Morgan fingerprint density at radius 1 is 0.953 bits per heavy atom. The van der Waals surface area contributed by atoms with E-state index in [2.05, 4.69) is 29.0 Å². The topological polar surface area (TPSA) is 100 Å². The lowest BCUT2D eigenvalue weighted by Crippen LogP contribution is -2.46. The van der Waals surface area contributed by atoms with E-state index in [1.54, 1.807) is 0 Å². The van der Waals surface area contributed by atoms with Crippen molar-refractivity contribution < 1.29 is 24.2 Å². The normalized spacial score (nSPS) is 20.8. The predicted molar refractivity (Wildman–Crippen MR) is 167 cm³/mol. The van der Waals surface area contributed by atoms with E-state index in [1.165, 1.54) is 6.92 Å². The Morgan fingerprint density at radius 3 is 2.23 bits per heavy atom. The maximum atomic E-state index is 12.6. The summed E-state index contributed by atoms with van der Waals surface area (Å²) in [5.74, 6) is -0.00649. The molecule has 3 N–H and O–H groups in total. The molecule has 3 aromatic rings. The number of rotatable bonds is 13. The lowest BCUT2D eigenvalue weighted by Gasteiger charge is -2.42. The quantitative estimate of drug-likeness (QED) is 0.242. The summed E-state index contributed by atoms with van der Waals surface area (Å²) in [6.07, 6.45) is 1.48. The molecule has 3 aromatic carbocycles. The van der Waals surface area contributed by atoms with Crippen molar-refractivity contribution in [3.05, 3.63) is 119 Å². The van der Waals surface area contributed by atoms with Crippen molar-refractivity contribution >= 4 is 11.8 Å². The average molecular weight is 586 g/mol. The van der Waals surface area contributed by atoms with Crippen LogP contribution in [0, 0.1) is 5.92 Å². The largest absolute Gasteiger partial charge is 0.392 e. The molecule has 5 unspecified atom stereocenters. The second-order valence-electron chi connectivity index (χ2n) is 11.3. The molecule has 1 aliphatic rings. The summed E-state index contributed by atoms with van der Waals surface area (Å²) in [5, 5.41) is 15.1. The molecule has 0 radical (unpaired) electrons. The maximum absolute atomic E-state index is 12.6.